The molecule has 2 N–H and O–H groups in total. The van der Waals surface area contributed by atoms with Crippen LogP contribution >= 0.6 is 0 Å². The van der Waals surface area contributed by atoms with Crippen molar-refractivity contribution < 1.29 is 0 Å². The molecule has 1 heterocycles. The molecular formula is C11H17N3. The molecule has 14 heavy (non-hydrogen) atoms. The summed E-state index contributed by atoms with van der Waals surface area (Å²) in [5.74, 6) is 1.95. The van der Waals surface area contributed by atoms with Crippen LogP contribution in [0.4, 0.5) is 5.82 Å². The van der Waals surface area contributed by atoms with E-state index in [1.54, 1.807) is 12.4 Å². The summed E-state index contributed by atoms with van der Waals surface area (Å²) in [6.45, 7) is 2.30. The Morgan fingerprint density at radius 1 is 1.29 bits per heavy atom. The van der Waals surface area contributed by atoms with Crippen molar-refractivity contribution in [3.63, 3.8) is 0 Å². The molecule has 0 aromatic carbocycles. The summed E-state index contributed by atoms with van der Waals surface area (Å²) in [6.07, 6.45) is 8.46. The summed E-state index contributed by atoms with van der Waals surface area (Å²) in [7, 11) is 0. The van der Waals surface area contributed by atoms with Crippen LogP contribution in [0.15, 0.2) is 12.4 Å². The number of nitrogens with zero attached hydrogens (tertiary/aromatic N) is 2. The van der Waals surface area contributed by atoms with Gasteiger partial charge in [-0.1, -0.05) is 19.8 Å². The van der Waals surface area contributed by atoms with Crippen LogP contribution in [0, 0.1) is 5.92 Å². The third-order valence-electron chi connectivity index (χ3n) is 3.08. The van der Waals surface area contributed by atoms with Crippen molar-refractivity contribution in [2.75, 3.05) is 5.73 Å². The zero-order valence-electron chi connectivity index (χ0n) is 8.61. The minimum atomic E-state index is 0.535. The number of aromatic nitrogens is 2. The first kappa shape index (κ1) is 9.44. The molecule has 3 heteroatoms. The van der Waals surface area contributed by atoms with Gasteiger partial charge in [0.15, 0.2) is 0 Å². The van der Waals surface area contributed by atoms with Crippen LogP contribution in [0.5, 0.6) is 0 Å². The normalized spacial score (nSPS) is 27.5. The molecule has 2 atom stereocenters. The average Bonchev–Trinajstić information content (AvgIpc) is 2.18. The van der Waals surface area contributed by atoms with Crippen molar-refractivity contribution in [3.8, 4) is 0 Å². The van der Waals surface area contributed by atoms with Gasteiger partial charge in [0.25, 0.3) is 0 Å². The predicted molar refractivity (Wildman–Crippen MR) is 56.8 cm³/mol. The molecular weight excluding hydrogens is 174 g/mol. The first-order valence-electron chi connectivity index (χ1n) is 5.33. The molecule has 1 aliphatic rings. The Bertz CT molecular complexity index is 311. The minimum absolute atomic E-state index is 0.535. The Morgan fingerprint density at radius 2 is 2.07 bits per heavy atom. The monoisotopic (exact) mass is 191 g/mol. The van der Waals surface area contributed by atoms with E-state index in [9.17, 15) is 0 Å². The highest BCUT2D eigenvalue weighted by molar-refractivity contribution is 5.35. The number of hydrogen-bond acceptors (Lipinski definition) is 3. The van der Waals surface area contributed by atoms with E-state index in [4.69, 9.17) is 5.73 Å². The molecule has 2 unspecified atom stereocenters. The van der Waals surface area contributed by atoms with Crippen LogP contribution in [-0.4, -0.2) is 9.97 Å². The van der Waals surface area contributed by atoms with E-state index in [1.165, 1.54) is 25.7 Å². The zero-order chi connectivity index (χ0) is 9.97. The Kier molecular flexibility index (Phi) is 2.66. The van der Waals surface area contributed by atoms with Crippen molar-refractivity contribution in [1.29, 1.82) is 0 Å². The van der Waals surface area contributed by atoms with E-state index in [0.717, 1.165) is 11.6 Å². The Labute approximate surface area is 84.8 Å². The van der Waals surface area contributed by atoms with Gasteiger partial charge in [-0.05, 0) is 18.8 Å². The van der Waals surface area contributed by atoms with Crippen LogP contribution < -0.4 is 5.73 Å². The van der Waals surface area contributed by atoms with Crippen LogP contribution in [-0.2, 0) is 0 Å². The maximum atomic E-state index is 5.82. The lowest BCUT2D eigenvalue weighted by atomic mass is 9.80. The first-order chi connectivity index (χ1) is 6.77. The fourth-order valence-electron chi connectivity index (χ4n) is 2.36. The SMILES string of the molecule is CC1CCCC(c2nccnc2N)C1. The van der Waals surface area contributed by atoms with E-state index in [1.807, 2.05) is 0 Å². The third kappa shape index (κ3) is 1.86. The van der Waals surface area contributed by atoms with Gasteiger partial charge in [0, 0.05) is 18.3 Å². The van der Waals surface area contributed by atoms with Gasteiger partial charge in [-0.3, -0.25) is 4.98 Å². The van der Waals surface area contributed by atoms with Gasteiger partial charge < -0.3 is 5.73 Å². The van der Waals surface area contributed by atoms with Gasteiger partial charge in [0.05, 0.1) is 5.69 Å². The summed E-state index contributed by atoms with van der Waals surface area (Å²) < 4.78 is 0. The molecule has 0 aliphatic heterocycles. The van der Waals surface area contributed by atoms with Gasteiger partial charge in [0.2, 0.25) is 0 Å². The topological polar surface area (TPSA) is 51.8 Å². The molecule has 3 nitrogen and oxygen atoms in total. The molecule has 1 saturated carbocycles. The summed E-state index contributed by atoms with van der Waals surface area (Å²) in [5.41, 5.74) is 6.84. The molecule has 1 aliphatic carbocycles. The first-order valence-corrected chi connectivity index (χ1v) is 5.33. The highest BCUT2D eigenvalue weighted by Crippen LogP contribution is 2.36. The molecule has 0 bridgehead atoms. The lowest BCUT2D eigenvalue weighted by molar-refractivity contribution is 0.340. The van der Waals surface area contributed by atoms with E-state index < -0.39 is 0 Å². The quantitative estimate of drug-likeness (QED) is 0.741. The van der Waals surface area contributed by atoms with E-state index >= 15 is 0 Å². The number of hydrogen-bond donors (Lipinski definition) is 1. The number of rotatable bonds is 1. The van der Waals surface area contributed by atoms with Crippen LogP contribution in [0.25, 0.3) is 0 Å². The lowest BCUT2D eigenvalue weighted by Crippen LogP contribution is -2.15. The minimum Gasteiger partial charge on any atom is -0.382 e. The van der Waals surface area contributed by atoms with Crippen LogP contribution in [0.3, 0.4) is 0 Å². The average molecular weight is 191 g/mol. The molecule has 1 aromatic heterocycles. The van der Waals surface area contributed by atoms with Gasteiger partial charge in [-0.2, -0.15) is 0 Å². The van der Waals surface area contributed by atoms with Crippen molar-refractivity contribution >= 4 is 5.82 Å². The largest absolute Gasteiger partial charge is 0.382 e. The number of anilines is 1. The molecule has 0 amide bonds. The predicted octanol–water partition coefficient (Wildman–Crippen LogP) is 2.35. The summed E-state index contributed by atoms with van der Waals surface area (Å²) in [5, 5.41) is 0. The van der Waals surface area contributed by atoms with Gasteiger partial charge in [-0.25, -0.2) is 4.98 Å². The zero-order valence-corrected chi connectivity index (χ0v) is 8.61. The van der Waals surface area contributed by atoms with Crippen molar-refractivity contribution in [2.24, 2.45) is 5.92 Å². The van der Waals surface area contributed by atoms with Crippen molar-refractivity contribution in [2.45, 2.75) is 38.5 Å². The van der Waals surface area contributed by atoms with E-state index in [-0.39, 0.29) is 0 Å². The molecule has 76 valence electrons. The second-order valence-corrected chi connectivity index (χ2v) is 4.30. The van der Waals surface area contributed by atoms with Gasteiger partial charge >= 0.3 is 0 Å². The Morgan fingerprint density at radius 3 is 2.79 bits per heavy atom. The highest BCUT2D eigenvalue weighted by atomic mass is 14.9. The Hall–Kier alpha value is -1.12. The van der Waals surface area contributed by atoms with E-state index in [2.05, 4.69) is 16.9 Å². The van der Waals surface area contributed by atoms with Crippen molar-refractivity contribution in [1.82, 2.24) is 9.97 Å². The van der Waals surface area contributed by atoms with Gasteiger partial charge in [0.1, 0.15) is 5.82 Å². The summed E-state index contributed by atoms with van der Waals surface area (Å²) in [4.78, 5) is 8.44. The summed E-state index contributed by atoms with van der Waals surface area (Å²) in [6, 6.07) is 0. The molecule has 0 radical (unpaired) electrons. The third-order valence-corrected chi connectivity index (χ3v) is 3.08. The maximum absolute atomic E-state index is 5.82. The molecule has 1 aromatic rings. The second-order valence-electron chi connectivity index (χ2n) is 4.30. The molecule has 2 rings (SSSR count). The van der Waals surface area contributed by atoms with E-state index in [0.29, 0.717) is 11.7 Å². The fraction of sp³-hybridized carbons (Fsp3) is 0.636. The standard InChI is InChI=1S/C11H17N3/c1-8-3-2-4-9(7-8)10-11(12)14-6-5-13-10/h5-6,8-9H,2-4,7H2,1H3,(H2,12,14). The van der Waals surface area contributed by atoms with Crippen LogP contribution in [0.1, 0.15) is 44.2 Å². The summed E-state index contributed by atoms with van der Waals surface area (Å²) >= 11 is 0. The Balaban J connectivity index is 2.18. The molecule has 0 saturated heterocycles. The lowest BCUT2D eigenvalue weighted by Gasteiger charge is -2.26. The van der Waals surface area contributed by atoms with Gasteiger partial charge in [-0.15, -0.1) is 0 Å². The number of nitrogens with two attached hydrogens (primary N) is 1. The molecule has 1 fully saturated rings. The fourth-order valence-corrected chi connectivity index (χ4v) is 2.36. The second kappa shape index (κ2) is 3.95. The van der Waals surface area contributed by atoms with Crippen molar-refractivity contribution in [3.05, 3.63) is 18.1 Å². The smallest absolute Gasteiger partial charge is 0.145 e. The number of nitrogen functional groups attached to an aromatic ring is 1. The van der Waals surface area contributed by atoms with Crippen LogP contribution in [0.2, 0.25) is 0 Å². The maximum Gasteiger partial charge on any atom is 0.145 e. The highest BCUT2D eigenvalue weighted by Gasteiger charge is 2.23. The molecule has 0 spiro atoms.